The Balaban J connectivity index is 1.78. The number of hydrogen-bond acceptors (Lipinski definition) is 4. The Morgan fingerprint density at radius 2 is 1.82 bits per heavy atom. The Hall–Kier alpha value is -2.67. The molecule has 0 unspecified atom stereocenters. The van der Waals surface area contributed by atoms with Crippen molar-refractivity contribution in [2.24, 2.45) is 4.99 Å². The Labute approximate surface area is 166 Å². The number of anilines is 1. The number of amidine groups is 1. The van der Waals surface area contributed by atoms with E-state index in [1.165, 1.54) is 12.1 Å². The first-order valence-electron chi connectivity index (χ1n) is 9.23. The smallest absolute Gasteiger partial charge is 0.262 e. The van der Waals surface area contributed by atoms with E-state index < -0.39 is 15.4 Å². The number of benzene rings is 2. The number of aryl methyl sites for hydroxylation is 1. The largest absolute Gasteiger partial charge is 0.325 e. The molecular weight excluding hydrogens is 374 g/mol. The van der Waals surface area contributed by atoms with Crippen LogP contribution >= 0.6 is 0 Å². The van der Waals surface area contributed by atoms with Crippen LogP contribution in [-0.2, 0) is 20.2 Å². The van der Waals surface area contributed by atoms with Crippen LogP contribution in [0.15, 0.2) is 58.4 Å². The normalized spacial score (nSPS) is 14.5. The van der Waals surface area contributed by atoms with Crippen LogP contribution in [0.25, 0.3) is 0 Å². The monoisotopic (exact) mass is 399 g/mol. The standard InChI is InChI=1S/C21H25N3O3S/c1-15-9-11-16(12-10-15)21(2,3)20(25)23-17-6-4-7-18(14-17)28(26,27)24-19-8-5-13-22-19/h4,6-7,9-12,14H,5,8,13H2,1-3H3,(H,22,24)(H,23,25). The molecule has 0 atom stereocenters. The molecule has 2 aromatic carbocycles. The van der Waals surface area contributed by atoms with Crippen molar-refractivity contribution in [2.75, 3.05) is 11.9 Å². The van der Waals surface area contributed by atoms with Crippen LogP contribution in [-0.4, -0.2) is 26.7 Å². The molecule has 1 aliphatic rings. The molecule has 0 aromatic heterocycles. The molecule has 0 saturated carbocycles. The van der Waals surface area contributed by atoms with Crippen LogP contribution in [0.1, 0.15) is 37.8 Å². The van der Waals surface area contributed by atoms with Gasteiger partial charge in [0.1, 0.15) is 5.84 Å². The van der Waals surface area contributed by atoms with Crippen LogP contribution in [0.2, 0.25) is 0 Å². The molecule has 0 saturated heterocycles. The summed E-state index contributed by atoms with van der Waals surface area (Å²) in [5.74, 6) is 0.272. The van der Waals surface area contributed by atoms with Gasteiger partial charge in [-0.2, -0.15) is 0 Å². The number of carbonyl (C=O) groups excluding carboxylic acids is 1. The molecule has 0 spiro atoms. The second kappa shape index (κ2) is 7.75. The first-order chi connectivity index (χ1) is 13.2. The van der Waals surface area contributed by atoms with Crippen LogP contribution < -0.4 is 10.0 Å². The van der Waals surface area contributed by atoms with Crippen molar-refractivity contribution in [3.8, 4) is 0 Å². The quantitative estimate of drug-likeness (QED) is 0.808. The Morgan fingerprint density at radius 1 is 1.11 bits per heavy atom. The van der Waals surface area contributed by atoms with Crippen molar-refractivity contribution < 1.29 is 13.2 Å². The van der Waals surface area contributed by atoms with E-state index in [-0.39, 0.29) is 10.8 Å². The fourth-order valence-corrected chi connectivity index (χ4v) is 4.10. The maximum absolute atomic E-state index is 12.9. The molecule has 1 heterocycles. The highest BCUT2D eigenvalue weighted by Gasteiger charge is 2.30. The molecule has 3 rings (SSSR count). The van der Waals surface area contributed by atoms with Crippen LogP contribution in [0.3, 0.4) is 0 Å². The summed E-state index contributed by atoms with van der Waals surface area (Å²) in [5.41, 5.74) is 1.68. The van der Waals surface area contributed by atoms with Crippen LogP contribution in [0.5, 0.6) is 0 Å². The van der Waals surface area contributed by atoms with Gasteiger partial charge < -0.3 is 5.32 Å². The van der Waals surface area contributed by atoms with Crippen LogP contribution in [0.4, 0.5) is 5.69 Å². The van der Waals surface area contributed by atoms with Gasteiger partial charge in [-0.15, -0.1) is 0 Å². The van der Waals surface area contributed by atoms with E-state index in [0.717, 1.165) is 17.5 Å². The lowest BCUT2D eigenvalue weighted by Gasteiger charge is -2.24. The lowest BCUT2D eigenvalue weighted by Crippen LogP contribution is -2.35. The van der Waals surface area contributed by atoms with Gasteiger partial charge in [0.2, 0.25) is 5.91 Å². The van der Waals surface area contributed by atoms with Gasteiger partial charge in [0.05, 0.1) is 10.3 Å². The number of sulfonamides is 1. The van der Waals surface area contributed by atoms with Crippen LogP contribution in [0, 0.1) is 6.92 Å². The van der Waals surface area contributed by atoms with Gasteiger partial charge in [0, 0.05) is 18.7 Å². The number of nitrogens with one attached hydrogen (secondary N) is 2. The molecule has 0 fully saturated rings. The minimum absolute atomic E-state index is 0.0908. The molecule has 28 heavy (non-hydrogen) atoms. The molecule has 0 radical (unpaired) electrons. The summed E-state index contributed by atoms with van der Waals surface area (Å²) in [5, 5.41) is 2.84. The molecule has 7 heteroatoms. The van der Waals surface area contributed by atoms with Gasteiger partial charge in [-0.05, 0) is 51.0 Å². The van der Waals surface area contributed by atoms with Gasteiger partial charge >= 0.3 is 0 Å². The Bertz CT molecular complexity index is 1010. The van der Waals surface area contributed by atoms with E-state index in [0.29, 0.717) is 24.5 Å². The maximum atomic E-state index is 12.9. The second-order valence-corrected chi connectivity index (χ2v) is 9.19. The first-order valence-corrected chi connectivity index (χ1v) is 10.7. The second-order valence-electron chi connectivity index (χ2n) is 7.51. The van der Waals surface area contributed by atoms with E-state index in [1.54, 1.807) is 12.1 Å². The van der Waals surface area contributed by atoms with Gasteiger partial charge in [-0.1, -0.05) is 35.9 Å². The van der Waals surface area contributed by atoms with Crippen molar-refractivity contribution in [2.45, 2.75) is 43.9 Å². The number of carbonyl (C=O) groups is 1. The minimum atomic E-state index is -3.73. The predicted molar refractivity (Wildman–Crippen MR) is 111 cm³/mol. The average molecular weight is 400 g/mol. The fraction of sp³-hybridized carbons (Fsp3) is 0.333. The third-order valence-corrected chi connectivity index (χ3v) is 6.25. The third-order valence-electron chi connectivity index (χ3n) is 4.87. The molecule has 2 N–H and O–H groups in total. The van der Waals surface area contributed by atoms with Gasteiger partial charge in [-0.3, -0.25) is 14.5 Å². The molecule has 6 nitrogen and oxygen atoms in total. The summed E-state index contributed by atoms with van der Waals surface area (Å²) in [4.78, 5) is 17.1. The van der Waals surface area contributed by atoms with E-state index in [2.05, 4.69) is 15.0 Å². The van der Waals surface area contributed by atoms with E-state index in [9.17, 15) is 13.2 Å². The number of aliphatic imine (C=N–C) groups is 1. The number of hydrogen-bond donors (Lipinski definition) is 2. The highest BCUT2D eigenvalue weighted by molar-refractivity contribution is 7.90. The number of amides is 1. The summed E-state index contributed by atoms with van der Waals surface area (Å²) >= 11 is 0. The molecule has 0 bridgehead atoms. The van der Waals surface area contributed by atoms with Gasteiger partial charge in [0.15, 0.2) is 0 Å². The van der Waals surface area contributed by atoms with Crippen molar-refractivity contribution in [3.63, 3.8) is 0 Å². The Morgan fingerprint density at radius 3 is 2.46 bits per heavy atom. The summed E-state index contributed by atoms with van der Waals surface area (Å²) in [6, 6.07) is 14.0. The topological polar surface area (TPSA) is 87.6 Å². The third kappa shape index (κ3) is 4.42. The molecule has 148 valence electrons. The summed E-state index contributed by atoms with van der Waals surface area (Å²) in [7, 11) is -3.73. The van der Waals surface area contributed by atoms with Crippen molar-refractivity contribution in [3.05, 3.63) is 59.7 Å². The zero-order valence-corrected chi connectivity index (χ0v) is 17.1. The predicted octanol–water partition coefficient (Wildman–Crippen LogP) is 3.38. The fourth-order valence-electron chi connectivity index (χ4n) is 2.97. The van der Waals surface area contributed by atoms with Crippen molar-refractivity contribution >= 4 is 27.5 Å². The van der Waals surface area contributed by atoms with E-state index in [4.69, 9.17) is 0 Å². The highest BCUT2D eigenvalue weighted by Crippen LogP contribution is 2.26. The van der Waals surface area contributed by atoms with E-state index >= 15 is 0 Å². The molecule has 0 aliphatic carbocycles. The van der Waals surface area contributed by atoms with Crippen molar-refractivity contribution in [1.82, 2.24) is 4.72 Å². The SMILES string of the molecule is Cc1ccc(C(C)(C)C(=O)Nc2cccc(S(=O)(=O)NC3=NCCC3)c2)cc1. The van der Waals surface area contributed by atoms with Crippen molar-refractivity contribution in [1.29, 1.82) is 0 Å². The summed E-state index contributed by atoms with van der Waals surface area (Å²) in [6.45, 7) is 6.32. The number of rotatable bonds is 5. The average Bonchev–Trinajstić information content (AvgIpc) is 3.14. The number of nitrogens with zero attached hydrogens (tertiary/aromatic N) is 1. The molecular formula is C21H25N3O3S. The summed E-state index contributed by atoms with van der Waals surface area (Å²) in [6.07, 6.45) is 1.47. The maximum Gasteiger partial charge on any atom is 0.262 e. The highest BCUT2D eigenvalue weighted by atomic mass is 32.2. The zero-order chi connectivity index (χ0) is 20.4. The van der Waals surface area contributed by atoms with E-state index in [1.807, 2.05) is 45.0 Å². The zero-order valence-electron chi connectivity index (χ0n) is 16.3. The lowest BCUT2D eigenvalue weighted by atomic mass is 9.83. The minimum Gasteiger partial charge on any atom is -0.325 e. The Kier molecular flexibility index (Phi) is 5.56. The molecule has 1 aliphatic heterocycles. The summed E-state index contributed by atoms with van der Waals surface area (Å²) < 4.78 is 27.7. The molecule has 1 amide bonds. The molecule has 2 aromatic rings. The first kappa shape index (κ1) is 20.1. The van der Waals surface area contributed by atoms with Gasteiger partial charge in [0.25, 0.3) is 10.0 Å². The lowest BCUT2D eigenvalue weighted by molar-refractivity contribution is -0.120. The van der Waals surface area contributed by atoms with Gasteiger partial charge in [-0.25, -0.2) is 8.42 Å².